The number of rotatable bonds is 11. The quantitative estimate of drug-likeness (QED) is 0.350. The first-order valence-corrected chi connectivity index (χ1v) is 15.2. The van der Waals surface area contributed by atoms with Crippen LogP contribution in [0, 0.1) is 5.82 Å². The molecule has 0 saturated carbocycles. The number of aliphatic hydroxyl groups is 1. The van der Waals surface area contributed by atoms with Gasteiger partial charge in [0.25, 0.3) is 5.91 Å². The van der Waals surface area contributed by atoms with Crippen molar-refractivity contribution in [2.45, 2.75) is 77.0 Å². The van der Waals surface area contributed by atoms with Crippen LogP contribution in [0.1, 0.15) is 68.8 Å². The van der Waals surface area contributed by atoms with Crippen molar-refractivity contribution in [3.8, 4) is 16.9 Å². The molecule has 2 aliphatic rings. The maximum Gasteiger partial charge on any atom is 0.253 e. The van der Waals surface area contributed by atoms with E-state index in [1.54, 1.807) is 31.1 Å². The minimum atomic E-state index is -0.775. The number of amides is 2. The summed E-state index contributed by atoms with van der Waals surface area (Å²) in [6.45, 7) is 9.41. The Balaban J connectivity index is 0.00000506. The van der Waals surface area contributed by atoms with Gasteiger partial charge in [0.15, 0.2) is 0 Å². The molecule has 0 unspecified atom stereocenters. The van der Waals surface area contributed by atoms with Crippen LogP contribution in [0.4, 0.5) is 4.39 Å². The summed E-state index contributed by atoms with van der Waals surface area (Å²) in [5, 5.41) is 13.7. The maximum absolute atomic E-state index is 15.3. The van der Waals surface area contributed by atoms with Crippen LogP contribution in [0.5, 0.6) is 5.75 Å². The summed E-state index contributed by atoms with van der Waals surface area (Å²) in [7, 11) is 1.63. The van der Waals surface area contributed by atoms with Gasteiger partial charge >= 0.3 is 0 Å². The van der Waals surface area contributed by atoms with E-state index in [0.29, 0.717) is 62.4 Å². The minimum Gasteiger partial charge on any atom is -0.493 e. The summed E-state index contributed by atoms with van der Waals surface area (Å²) >= 11 is 0. The molecule has 2 aromatic rings. The summed E-state index contributed by atoms with van der Waals surface area (Å²) < 4.78 is 26.6. The van der Waals surface area contributed by atoms with Gasteiger partial charge in [0.2, 0.25) is 5.91 Å². The van der Waals surface area contributed by atoms with Crippen molar-refractivity contribution in [1.29, 1.82) is 0 Å². The van der Waals surface area contributed by atoms with Gasteiger partial charge in [-0.05, 0) is 82.8 Å². The number of piperidine rings is 2. The zero-order valence-electron chi connectivity index (χ0n) is 25.9. The average molecular weight is 620 g/mol. The lowest BCUT2D eigenvalue weighted by Gasteiger charge is -2.37. The van der Waals surface area contributed by atoms with Gasteiger partial charge in [-0.15, -0.1) is 12.4 Å². The number of benzene rings is 2. The Morgan fingerprint density at radius 3 is 2.53 bits per heavy atom. The van der Waals surface area contributed by atoms with Gasteiger partial charge in [0.1, 0.15) is 11.6 Å². The second-order valence-corrected chi connectivity index (χ2v) is 12.1. The molecule has 4 rings (SSSR count). The Kier molecular flexibility index (Phi) is 12.8. The molecule has 2 N–H and O–H groups in total. The molecule has 2 saturated heterocycles. The molecule has 0 bridgehead atoms. The summed E-state index contributed by atoms with van der Waals surface area (Å²) in [5.41, 5.74) is 1.18. The smallest absolute Gasteiger partial charge is 0.253 e. The van der Waals surface area contributed by atoms with Crippen molar-refractivity contribution in [2.24, 2.45) is 0 Å². The number of carbonyl (C=O) groups excluding carboxylic acids is 2. The molecular formula is C33H47ClFN3O5. The van der Waals surface area contributed by atoms with E-state index in [-0.39, 0.29) is 48.3 Å². The van der Waals surface area contributed by atoms with E-state index in [2.05, 4.69) is 5.32 Å². The molecule has 10 heteroatoms. The standard InChI is InChI=1S/C33H46FN3O5.ClH/c1-23(2)37(26-7-5-14-35-22-26)31(38)20-24-8-10-27(30(19-24)42-18-6-17-41-4)28-21-25(9-11-29(28)34)32(39)36-15-12-33(3,40)13-16-36;/h8-11,19,21,23,26,35,40H,5-7,12-18,20,22H2,1-4H3;1H/t26-;/m1./s1. The zero-order chi connectivity index (χ0) is 30.3. The fourth-order valence-corrected chi connectivity index (χ4v) is 5.89. The first-order chi connectivity index (χ1) is 20.1. The number of halogens is 2. The van der Waals surface area contributed by atoms with Crippen LogP contribution >= 0.6 is 12.4 Å². The normalized spacial score (nSPS) is 18.2. The van der Waals surface area contributed by atoms with Gasteiger partial charge < -0.3 is 29.7 Å². The molecule has 0 spiro atoms. The minimum absolute atomic E-state index is 0. The lowest BCUT2D eigenvalue weighted by Crippen LogP contribution is -2.52. The molecule has 8 nitrogen and oxygen atoms in total. The lowest BCUT2D eigenvalue weighted by atomic mass is 9.93. The topological polar surface area (TPSA) is 91.3 Å². The second kappa shape index (κ2) is 15.8. The predicted molar refractivity (Wildman–Crippen MR) is 168 cm³/mol. The van der Waals surface area contributed by atoms with Gasteiger partial charge in [-0.3, -0.25) is 9.59 Å². The highest BCUT2D eigenvalue weighted by atomic mass is 35.5. The summed E-state index contributed by atoms with van der Waals surface area (Å²) in [5.74, 6) is -0.141. The lowest BCUT2D eigenvalue weighted by molar-refractivity contribution is -0.135. The van der Waals surface area contributed by atoms with E-state index in [1.807, 2.05) is 30.9 Å². The van der Waals surface area contributed by atoms with Crippen molar-refractivity contribution < 1.29 is 28.6 Å². The van der Waals surface area contributed by atoms with Crippen molar-refractivity contribution in [1.82, 2.24) is 15.1 Å². The molecule has 0 aliphatic carbocycles. The van der Waals surface area contributed by atoms with E-state index in [0.717, 1.165) is 31.5 Å². The van der Waals surface area contributed by atoms with Crippen LogP contribution < -0.4 is 10.1 Å². The number of nitrogens with one attached hydrogen (secondary N) is 1. The zero-order valence-corrected chi connectivity index (χ0v) is 26.7. The average Bonchev–Trinajstić information content (AvgIpc) is 2.96. The number of hydrogen-bond donors (Lipinski definition) is 2. The largest absolute Gasteiger partial charge is 0.493 e. The third-order valence-electron chi connectivity index (χ3n) is 8.29. The Hall–Kier alpha value is -2.72. The molecule has 2 aromatic carbocycles. The number of nitrogens with zero attached hydrogens (tertiary/aromatic N) is 2. The van der Waals surface area contributed by atoms with Gasteiger partial charge in [-0.1, -0.05) is 12.1 Å². The molecular weight excluding hydrogens is 573 g/mol. The number of hydrogen-bond acceptors (Lipinski definition) is 6. The van der Waals surface area contributed by atoms with E-state index in [1.165, 1.54) is 12.1 Å². The number of methoxy groups -OCH3 is 1. The monoisotopic (exact) mass is 619 g/mol. The molecule has 2 amide bonds. The van der Waals surface area contributed by atoms with Crippen LogP contribution in [-0.4, -0.2) is 90.9 Å². The SMILES string of the molecule is COCCCOc1cc(CC(=O)N(C(C)C)[C@@H]2CCCNC2)ccc1-c1cc(C(=O)N2CCC(C)(O)CC2)ccc1F.Cl. The van der Waals surface area contributed by atoms with Gasteiger partial charge in [-0.25, -0.2) is 4.39 Å². The molecule has 238 valence electrons. The van der Waals surface area contributed by atoms with Crippen LogP contribution in [0.3, 0.4) is 0 Å². The van der Waals surface area contributed by atoms with E-state index >= 15 is 4.39 Å². The highest BCUT2D eigenvalue weighted by molar-refractivity contribution is 5.96. The molecule has 0 aromatic heterocycles. The summed E-state index contributed by atoms with van der Waals surface area (Å²) in [6.07, 6.45) is 3.88. The number of carbonyl (C=O) groups is 2. The molecule has 2 heterocycles. The van der Waals surface area contributed by atoms with Crippen molar-refractivity contribution in [3.63, 3.8) is 0 Å². The summed E-state index contributed by atoms with van der Waals surface area (Å²) in [4.78, 5) is 30.5. The third-order valence-corrected chi connectivity index (χ3v) is 8.29. The Morgan fingerprint density at radius 2 is 1.88 bits per heavy atom. The van der Waals surface area contributed by atoms with Crippen molar-refractivity contribution in [3.05, 3.63) is 53.3 Å². The number of likely N-dealkylation sites (tertiary alicyclic amines) is 1. The van der Waals surface area contributed by atoms with Crippen LogP contribution in [0.2, 0.25) is 0 Å². The first kappa shape index (κ1) is 34.8. The van der Waals surface area contributed by atoms with Gasteiger partial charge in [0.05, 0.1) is 18.6 Å². The fraction of sp³-hybridized carbons (Fsp3) is 0.576. The molecule has 2 fully saturated rings. The maximum atomic E-state index is 15.3. The molecule has 43 heavy (non-hydrogen) atoms. The van der Waals surface area contributed by atoms with Crippen molar-refractivity contribution >= 4 is 24.2 Å². The van der Waals surface area contributed by atoms with Crippen LogP contribution in [0.25, 0.3) is 11.1 Å². The van der Waals surface area contributed by atoms with Crippen LogP contribution in [0.15, 0.2) is 36.4 Å². The van der Waals surface area contributed by atoms with E-state index < -0.39 is 11.4 Å². The molecule has 2 aliphatic heterocycles. The molecule has 0 radical (unpaired) electrons. The Labute approximate surface area is 261 Å². The highest BCUT2D eigenvalue weighted by Crippen LogP contribution is 2.35. The number of ether oxygens (including phenoxy) is 2. The van der Waals surface area contributed by atoms with Crippen LogP contribution in [-0.2, 0) is 16.0 Å². The second-order valence-electron chi connectivity index (χ2n) is 12.1. The van der Waals surface area contributed by atoms with Crippen molar-refractivity contribution in [2.75, 3.05) is 46.5 Å². The van der Waals surface area contributed by atoms with E-state index in [4.69, 9.17) is 9.47 Å². The van der Waals surface area contributed by atoms with Gasteiger partial charge in [-0.2, -0.15) is 0 Å². The highest BCUT2D eigenvalue weighted by Gasteiger charge is 2.31. The summed E-state index contributed by atoms with van der Waals surface area (Å²) in [6, 6.07) is 10.1. The third kappa shape index (κ3) is 9.14. The Bertz CT molecular complexity index is 1230. The fourth-order valence-electron chi connectivity index (χ4n) is 5.89. The Morgan fingerprint density at radius 1 is 1.14 bits per heavy atom. The predicted octanol–water partition coefficient (Wildman–Crippen LogP) is 4.85. The van der Waals surface area contributed by atoms with E-state index in [9.17, 15) is 14.7 Å². The first-order valence-electron chi connectivity index (χ1n) is 15.2. The molecule has 1 atom stereocenters. The van der Waals surface area contributed by atoms with Gasteiger partial charge in [0, 0.05) is 68.5 Å².